The van der Waals surface area contributed by atoms with Gasteiger partial charge in [0, 0.05) is 23.7 Å². The molecular weight excluding hydrogens is 330 g/mol. The first-order valence-electron chi connectivity index (χ1n) is 7.25. The van der Waals surface area contributed by atoms with Crippen molar-refractivity contribution in [1.82, 2.24) is 15.3 Å². The third-order valence-corrected chi connectivity index (χ3v) is 4.45. The third kappa shape index (κ3) is 4.00. The second-order valence-corrected chi connectivity index (χ2v) is 6.68. The van der Waals surface area contributed by atoms with Crippen molar-refractivity contribution in [2.24, 2.45) is 0 Å². The fourth-order valence-electron chi connectivity index (χ4n) is 2.25. The molecule has 4 nitrogen and oxygen atoms in total. The highest BCUT2D eigenvalue weighted by Gasteiger charge is 2.07. The first-order valence-corrected chi connectivity index (χ1v) is 8.51. The van der Waals surface area contributed by atoms with Gasteiger partial charge in [-0.3, -0.25) is 4.79 Å². The lowest BCUT2D eigenvalue weighted by Gasteiger charge is -2.05. The monoisotopic (exact) mass is 345 g/mol. The number of aromatic amines is 1. The molecule has 3 aromatic rings. The molecule has 118 valence electrons. The average molecular weight is 346 g/mol. The Bertz CT molecular complexity index is 807. The molecule has 0 bridgehead atoms. The number of amides is 1. The van der Waals surface area contributed by atoms with Gasteiger partial charge in [0.25, 0.3) is 5.91 Å². The van der Waals surface area contributed by atoms with E-state index in [0.29, 0.717) is 17.3 Å². The number of aryl methyl sites for hydroxylation is 1. The number of hydrogen-bond acceptors (Lipinski definition) is 3. The number of carbonyl (C=O) groups is 1. The van der Waals surface area contributed by atoms with Crippen LogP contribution in [0.25, 0.3) is 11.3 Å². The Kier molecular flexibility index (Phi) is 4.79. The van der Waals surface area contributed by atoms with Gasteiger partial charge in [0.1, 0.15) is 5.69 Å². The van der Waals surface area contributed by atoms with Crippen molar-refractivity contribution < 1.29 is 4.79 Å². The molecule has 2 N–H and O–H groups in total. The van der Waals surface area contributed by atoms with Crippen LogP contribution in [0.5, 0.6) is 0 Å². The number of benzene rings is 1. The Morgan fingerprint density at radius 1 is 1.35 bits per heavy atom. The van der Waals surface area contributed by atoms with E-state index < -0.39 is 0 Å². The van der Waals surface area contributed by atoms with E-state index in [4.69, 9.17) is 11.6 Å². The zero-order valence-corrected chi connectivity index (χ0v) is 14.2. The molecule has 2 heterocycles. The van der Waals surface area contributed by atoms with Crippen molar-refractivity contribution in [2.75, 3.05) is 6.54 Å². The summed E-state index contributed by atoms with van der Waals surface area (Å²) in [4.78, 5) is 19.2. The summed E-state index contributed by atoms with van der Waals surface area (Å²) in [5.74, 6) is -0.147. The molecule has 0 saturated heterocycles. The SMILES string of the molecule is Cc1nc(-c2ccc(CCNC(=O)c3cc(Cl)c[nH]3)cc2)cs1. The Morgan fingerprint density at radius 3 is 2.74 bits per heavy atom. The van der Waals surface area contributed by atoms with Crippen LogP contribution in [0, 0.1) is 6.92 Å². The molecule has 0 radical (unpaired) electrons. The van der Waals surface area contributed by atoms with Crippen LogP contribution in [-0.4, -0.2) is 22.4 Å². The standard InChI is InChI=1S/C17H16ClN3OS/c1-11-21-16(10-23-11)13-4-2-12(3-5-13)6-7-19-17(22)15-8-14(18)9-20-15/h2-5,8-10,20H,6-7H2,1H3,(H,19,22). The van der Waals surface area contributed by atoms with Gasteiger partial charge in [-0.2, -0.15) is 0 Å². The molecule has 1 amide bonds. The smallest absolute Gasteiger partial charge is 0.267 e. The van der Waals surface area contributed by atoms with Crippen molar-refractivity contribution in [2.45, 2.75) is 13.3 Å². The second-order valence-electron chi connectivity index (χ2n) is 5.19. The van der Waals surface area contributed by atoms with Crippen LogP contribution >= 0.6 is 22.9 Å². The summed E-state index contributed by atoms with van der Waals surface area (Å²) in [6.07, 6.45) is 2.37. The number of nitrogens with one attached hydrogen (secondary N) is 2. The molecule has 0 aliphatic rings. The molecule has 3 rings (SSSR count). The maximum absolute atomic E-state index is 11.9. The van der Waals surface area contributed by atoms with Crippen LogP contribution in [0.15, 0.2) is 41.9 Å². The number of rotatable bonds is 5. The third-order valence-electron chi connectivity index (χ3n) is 3.46. The summed E-state index contributed by atoms with van der Waals surface area (Å²) in [6.45, 7) is 2.58. The van der Waals surface area contributed by atoms with Gasteiger partial charge in [-0.15, -0.1) is 11.3 Å². The van der Waals surface area contributed by atoms with Crippen LogP contribution in [0.3, 0.4) is 0 Å². The summed E-state index contributed by atoms with van der Waals surface area (Å²) >= 11 is 7.43. The van der Waals surface area contributed by atoms with Crippen LogP contribution in [0.4, 0.5) is 0 Å². The summed E-state index contributed by atoms with van der Waals surface area (Å²) in [5, 5.41) is 6.53. The highest BCUT2D eigenvalue weighted by Crippen LogP contribution is 2.21. The van der Waals surface area contributed by atoms with Gasteiger partial charge in [0.05, 0.1) is 15.7 Å². The minimum absolute atomic E-state index is 0.147. The summed E-state index contributed by atoms with van der Waals surface area (Å²) in [6, 6.07) is 9.89. The number of carbonyl (C=O) groups excluding carboxylic acids is 1. The fraction of sp³-hybridized carbons (Fsp3) is 0.176. The van der Waals surface area contributed by atoms with E-state index in [-0.39, 0.29) is 5.91 Å². The topological polar surface area (TPSA) is 57.8 Å². The lowest BCUT2D eigenvalue weighted by atomic mass is 10.1. The largest absolute Gasteiger partial charge is 0.356 e. The van der Waals surface area contributed by atoms with E-state index in [1.807, 2.05) is 6.92 Å². The molecule has 23 heavy (non-hydrogen) atoms. The molecular formula is C17H16ClN3OS. The van der Waals surface area contributed by atoms with Gasteiger partial charge >= 0.3 is 0 Å². The van der Waals surface area contributed by atoms with Gasteiger partial charge in [-0.1, -0.05) is 35.9 Å². The molecule has 0 fully saturated rings. The summed E-state index contributed by atoms with van der Waals surface area (Å²) in [5.41, 5.74) is 3.77. The predicted molar refractivity (Wildman–Crippen MR) is 94.1 cm³/mol. The van der Waals surface area contributed by atoms with E-state index in [9.17, 15) is 4.79 Å². The minimum Gasteiger partial charge on any atom is -0.356 e. The Labute approximate surface area is 143 Å². The normalized spacial score (nSPS) is 10.7. The summed E-state index contributed by atoms with van der Waals surface area (Å²) < 4.78 is 0. The van der Waals surface area contributed by atoms with Gasteiger partial charge in [-0.05, 0) is 25.0 Å². The molecule has 6 heteroatoms. The first-order chi connectivity index (χ1) is 11.1. The molecule has 1 aromatic carbocycles. The molecule has 0 aliphatic carbocycles. The zero-order chi connectivity index (χ0) is 16.2. The molecule has 0 saturated carbocycles. The van der Waals surface area contributed by atoms with Crippen LogP contribution < -0.4 is 5.32 Å². The number of hydrogen-bond donors (Lipinski definition) is 2. The van der Waals surface area contributed by atoms with E-state index in [1.165, 1.54) is 5.56 Å². The van der Waals surface area contributed by atoms with Gasteiger partial charge in [0.2, 0.25) is 0 Å². The van der Waals surface area contributed by atoms with Gasteiger partial charge in [-0.25, -0.2) is 4.98 Å². The Hall–Kier alpha value is -2.11. The maximum Gasteiger partial charge on any atom is 0.267 e. The van der Waals surface area contributed by atoms with Crippen LogP contribution in [0.1, 0.15) is 21.1 Å². The van der Waals surface area contributed by atoms with Crippen molar-refractivity contribution in [3.8, 4) is 11.3 Å². The minimum atomic E-state index is -0.147. The molecule has 2 aromatic heterocycles. The van der Waals surface area contributed by atoms with Gasteiger partial charge < -0.3 is 10.3 Å². The number of aromatic nitrogens is 2. The highest BCUT2D eigenvalue weighted by molar-refractivity contribution is 7.09. The van der Waals surface area contributed by atoms with Crippen molar-refractivity contribution >= 4 is 28.8 Å². The number of nitrogens with zero attached hydrogens (tertiary/aromatic N) is 1. The van der Waals surface area contributed by atoms with E-state index >= 15 is 0 Å². The fourth-order valence-corrected chi connectivity index (χ4v) is 3.04. The number of halogens is 1. The molecule has 0 spiro atoms. The van der Waals surface area contributed by atoms with E-state index in [2.05, 4.69) is 44.9 Å². The van der Waals surface area contributed by atoms with Crippen molar-refractivity contribution in [1.29, 1.82) is 0 Å². The lowest BCUT2D eigenvalue weighted by Crippen LogP contribution is -2.25. The maximum atomic E-state index is 11.9. The zero-order valence-electron chi connectivity index (χ0n) is 12.6. The van der Waals surface area contributed by atoms with Crippen molar-refractivity contribution in [3.05, 3.63) is 63.2 Å². The van der Waals surface area contributed by atoms with Gasteiger partial charge in [0.15, 0.2) is 0 Å². The number of H-pyrrole nitrogens is 1. The Morgan fingerprint density at radius 2 is 2.13 bits per heavy atom. The second kappa shape index (κ2) is 6.98. The predicted octanol–water partition coefficient (Wildman–Crippen LogP) is 4.07. The molecule has 0 atom stereocenters. The van der Waals surface area contributed by atoms with Crippen LogP contribution in [0.2, 0.25) is 5.02 Å². The average Bonchev–Trinajstić information content (AvgIpc) is 3.16. The van der Waals surface area contributed by atoms with Crippen LogP contribution in [-0.2, 0) is 6.42 Å². The first kappa shape index (κ1) is 15.8. The quantitative estimate of drug-likeness (QED) is 0.732. The molecule has 0 aliphatic heterocycles. The Balaban J connectivity index is 1.53. The lowest BCUT2D eigenvalue weighted by molar-refractivity contribution is 0.0950. The number of thiazole rings is 1. The van der Waals surface area contributed by atoms with E-state index in [0.717, 1.165) is 22.7 Å². The highest BCUT2D eigenvalue weighted by atomic mass is 35.5. The molecule has 0 unspecified atom stereocenters. The van der Waals surface area contributed by atoms with E-state index in [1.54, 1.807) is 23.6 Å². The van der Waals surface area contributed by atoms with Crippen molar-refractivity contribution in [3.63, 3.8) is 0 Å². The summed E-state index contributed by atoms with van der Waals surface area (Å²) in [7, 11) is 0.